The summed E-state index contributed by atoms with van der Waals surface area (Å²) in [4.78, 5) is 18.5. The van der Waals surface area contributed by atoms with E-state index in [1.54, 1.807) is 25.3 Å². The number of hydrogen-bond acceptors (Lipinski definition) is 5. The summed E-state index contributed by atoms with van der Waals surface area (Å²) in [6, 6.07) is 12.7. The van der Waals surface area contributed by atoms with Gasteiger partial charge in [0.05, 0.1) is 5.02 Å². The molecule has 1 saturated carbocycles. The zero-order chi connectivity index (χ0) is 22.2. The van der Waals surface area contributed by atoms with Crippen molar-refractivity contribution in [2.75, 3.05) is 31.1 Å². The normalized spacial score (nSPS) is 27.0. The van der Waals surface area contributed by atoms with Crippen LogP contribution in [0.1, 0.15) is 24.8 Å². The van der Waals surface area contributed by atoms with Crippen LogP contribution in [0.15, 0.2) is 48.7 Å². The van der Waals surface area contributed by atoms with E-state index in [9.17, 15) is 18.3 Å². The lowest BCUT2D eigenvalue weighted by Gasteiger charge is -2.25. The Balaban J connectivity index is 1.50. The van der Waals surface area contributed by atoms with Gasteiger partial charge < -0.3 is 10.0 Å². The van der Waals surface area contributed by atoms with Gasteiger partial charge in [0, 0.05) is 38.3 Å². The minimum Gasteiger partial charge on any atom is -0.480 e. The molecule has 8 nitrogen and oxygen atoms in total. The Morgan fingerprint density at radius 3 is 2.55 bits per heavy atom. The van der Waals surface area contributed by atoms with Gasteiger partial charge >= 0.3 is 5.97 Å². The zero-order valence-electron chi connectivity index (χ0n) is 17.1. The lowest BCUT2D eigenvalue weighted by Crippen LogP contribution is -2.52. The molecule has 0 amide bonds. The van der Waals surface area contributed by atoms with E-state index in [1.807, 2.05) is 35.2 Å². The van der Waals surface area contributed by atoms with E-state index in [0.29, 0.717) is 31.1 Å². The van der Waals surface area contributed by atoms with Gasteiger partial charge in [-0.1, -0.05) is 48.9 Å². The number of hydrogen-bond donors (Lipinski definition) is 2. The third-order valence-corrected chi connectivity index (χ3v) is 8.10. The molecule has 1 saturated heterocycles. The largest absolute Gasteiger partial charge is 0.480 e. The van der Waals surface area contributed by atoms with E-state index in [2.05, 4.69) is 9.71 Å². The highest BCUT2D eigenvalue weighted by atomic mass is 35.5. The summed E-state index contributed by atoms with van der Waals surface area (Å²) in [5.41, 5.74) is -0.722. The monoisotopic (exact) mass is 464 g/mol. The van der Waals surface area contributed by atoms with Crippen molar-refractivity contribution in [3.8, 4) is 0 Å². The number of nitrogens with zero attached hydrogens (tertiary/aromatic N) is 3. The van der Waals surface area contributed by atoms with Crippen molar-refractivity contribution in [1.82, 2.24) is 14.0 Å². The Morgan fingerprint density at radius 1 is 1.16 bits per heavy atom. The van der Waals surface area contributed by atoms with Crippen molar-refractivity contribution in [1.29, 1.82) is 0 Å². The van der Waals surface area contributed by atoms with E-state index in [0.717, 1.165) is 11.4 Å². The average Bonchev–Trinajstić information content (AvgIpc) is 3.41. The van der Waals surface area contributed by atoms with Crippen LogP contribution in [0.5, 0.6) is 0 Å². The fraction of sp³-hybridized carbons (Fsp3) is 0.429. The van der Waals surface area contributed by atoms with Crippen molar-refractivity contribution < 1.29 is 18.3 Å². The molecule has 2 N–H and O–H groups in total. The molecule has 1 aromatic heterocycles. The zero-order valence-corrected chi connectivity index (χ0v) is 18.7. The minimum absolute atomic E-state index is 0.236. The molecule has 2 aromatic rings. The van der Waals surface area contributed by atoms with Gasteiger partial charge in [-0.05, 0) is 30.0 Å². The summed E-state index contributed by atoms with van der Waals surface area (Å²) < 4.78 is 30.3. The highest BCUT2D eigenvalue weighted by Crippen LogP contribution is 2.57. The molecule has 2 aliphatic rings. The molecular weight excluding hydrogens is 440 g/mol. The fourth-order valence-corrected chi connectivity index (χ4v) is 6.26. The SMILES string of the molecule is CC1[C@@H](c2ccccc2)[C@]1(NS(=O)(=O)N1CCCN(c2ccc(Cl)cn2)CC1)C(=O)O. The van der Waals surface area contributed by atoms with Crippen LogP contribution in [0.25, 0.3) is 0 Å². The predicted octanol–water partition coefficient (Wildman–Crippen LogP) is 2.34. The number of rotatable bonds is 6. The first-order valence-electron chi connectivity index (χ1n) is 10.2. The van der Waals surface area contributed by atoms with Gasteiger partial charge in [0.1, 0.15) is 11.4 Å². The summed E-state index contributed by atoms with van der Waals surface area (Å²) in [6.07, 6.45) is 2.16. The summed E-state index contributed by atoms with van der Waals surface area (Å²) >= 11 is 5.90. The number of aliphatic carboxylic acids is 1. The van der Waals surface area contributed by atoms with Gasteiger partial charge in [-0.2, -0.15) is 17.4 Å². The molecule has 31 heavy (non-hydrogen) atoms. The maximum Gasteiger partial charge on any atom is 0.325 e. The molecule has 2 heterocycles. The Morgan fingerprint density at radius 2 is 1.90 bits per heavy atom. The van der Waals surface area contributed by atoms with Crippen LogP contribution >= 0.6 is 11.6 Å². The molecule has 0 radical (unpaired) electrons. The number of carboxylic acid groups (broad SMARTS) is 1. The Bertz CT molecular complexity index is 1050. The second-order valence-electron chi connectivity index (χ2n) is 8.03. The predicted molar refractivity (Wildman–Crippen MR) is 118 cm³/mol. The topological polar surface area (TPSA) is 103 Å². The molecular formula is C21H25ClN4O4S. The molecule has 2 fully saturated rings. The maximum atomic E-state index is 13.2. The Kier molecular flexibility index (Phi) is 5.95. The number of aromatic nitrogens is 1. The van der Waals surface area contributed by atoms with Crippen molar-refractivity contribution in [3.05, 3.63) is 59.2 Å². The molecule has 1 aliphatic heterocycles. The molecule has 0 bridgehead atoms. The van der Waals surface area contributed by atoms with Crippen molar-refractivity contribution in [2.24, 2.45) is 5.92 Å². The highest BCUT2D eigenvalue weighted by Gasteiger charge is 2.70. The standard InChI is InChI=1S/C21H25ClN4O4S/c1-15-19(16-6-3-2-4-7-16)21(15,20(27)28)24-31(29,30)26-11-5-10-25(12-13-26)18-9-8-17(22)14-23-18/h2-4,6-9,14-15,19,24H,5,10-13H2,1H3,(H,27,28)/t15?,19-,21-/m0/s1. The van der Waals surface area contributed by atoms with E-state index in [4.69, 9.17) is 11.6 Å². The van der Waals surface area contributed by atoms with E-state index >= 15 is 0 Å². The quantitative estimate of drug-likeness (QED) is 0.680. The van der Waals surface area contributed by atoms with Gasteiger partial charge in [-0.25, -0.2) is 4.98 Å². The van der Waals surface area contributed by atoms with Crippen LogP contribution < -0.4 is 9.62 Å². The van der Waals surface area contributed by atoms with Crippen LogP contribution in [-0.4, -0.2) is 60.5 Å². The lowest BCUT2D eigenvalue weighted by atomic mass is 10.1. The summed E-state index contributed by atoms with van der Waals surface area (Å²) in [6.45, 7) is 3.41. The average molecular weight is 465 g/mol. The molecule has 3 atom stereocenters. The molecule has 10 heteroatoms. The summed E-state index contributed by atoms with van der Waals surface area (Å²) in [5.74, 6) is -1.19. The number of nitrogens with one attached hydrogen (secondary N) is 1. The number of pyridine rings is 1. The molecule has 166 valence electrons. The van der Waals surface area contributed by atoms with Gasteiger partial charge in [-0.3, -0.25) is 4.79 Å². The van der Waals surface area contributed by atoms with Crippen LogP contribution in [-0.2, 0) is 15.0 Å². The second-order valence-corrected chi connectivity index (χ2v) is 10.1. The van der Waals surface area contributed by atoms with Crippen LogP contribution in [0, 0.1) is 5.92 Å². The van der Waals surface area contributed by atoms with Crippen LogP contribution in [0.2, 0.25) is 5.02 Å². The molecule has 1 aromatic carbocycles. The van der Waals surface area contributed by atoms with Crippen molar-refractivity contribution >= 4 is 33.6 Å². The first-order valence-corrected chi connectivity index (χ1v) is 12.0. The number of halogens is 1. The first-order chi connectivity index (χ1) is 14.8. The van der Waals surface area contributed by atoms with Gasteiger partial charge in [-0.15, -0.1) is 0 Å². The van der Waals surface area contributed by atoms with Gasteiger partial charge in [0.25, 0.3) is 10.2 Å². The summed E-state index contributed by atoms with van der Waals surface area (Å²) in [5, 5.41) is 10.5. The fourth-order valence-electron chi connectivity index (χ4n) is 4.50. The number of anilines is 1. The van der Waals surface area contributed by atoms with E-state index < -0.39 is 27.6 Å². The number of carboxylic acids is 1. The van der Waals surface area contributed by atoms with Crippen molar-refractivity contribution in [2.45, 2.75) is 24.8 Å². The Hall–Kier alpha value is -2.20. The smallest absolute Gasteiger partial charge is 0.325 e. The molecule has 0 spiro atoms. The minimum atomic E-state index is -4.00. The van der Waals surface area contributed by atoms with Gasteiger partial charge in [0.2, 0.25) is 0 Å². The maximum absolute atomic E-state index is 13.2. The summed E-state index contributed by atoms with van der Waals surface area (Å²) in [7, 11) is -4.00. The third-order valence-electron chi connectivity index (χ3n) is 6.24. The van der Waals surface area contributed by atoms with Crippen molar-refractivity contribution in [3.63, 3.8) is 0 Å². The molecule has 1 unspecified atom stereocenters. The molecule has 1 aliphatic carbocycles. The lowest BCUT2D eigenvalue weighted by molar-refractivity contribution is -0.140. The number of benzene rings is 1. The Labute approximate surface area is 187 Å². The van der Waals surface area contributed by atoms with Gasteiger partial charge in [0.15, 0.2) is 0 Å². The van der Waals surface area contributed by atoms with Crippen LogP contribution in [0.4, 0.5) is 5.82 Å². The highest BCUT2D eigenvalue weighted by molar-refractivity contribution is 7.87. The van der Waals surface area contributed by atoms with E-state index in [-0.39, 0.29) is 12.5 Å². The third kappa shape index (κ3) is 4.15. The van der Waals surface area contributed by atoms with E-state index in [1.165, 1.54) is 4.31 Å². The first kappa shape index (κ1) is 22.0. The molecule has 4 rings (SSSR count). The number of carbonyl (C=O) groups is 1. The second kappa shape index (κ2) is 8.38. The van der Waals surface area contributed by atoms with Crippen LogP contribution in [0.3, 0.4) is 0 Å².